The van der Waals surface area contributed by atoms with Crippen molar-refractivity contribution in [3.8, 4) is 22.6 Å². The van der Waals surface area contributed by atoms with Crippen molar-refractivity contribution in [3.63, 3.8) is 0 Å². The first kappa shape index (κ1) is 30.3. The number of nitrogens with zero attached hydrogens (tertiary/aromatic N) is 1. The summed E-state index contributed by atoms with van der Waals surface area (Å²) in [5.41, 5.74) is 4.52. The fourth-order valence-electron chi connectivity index (χ4n) is 6.90. The Labute approximate surface area is 249 Å². The number of ether oxygens (including phenoxy) is 1. The van der Waals surface area contributed by atoms with E-state index >= 15 is 0 Å². The number of amides is 1. The molecule has 3 aliphatic carbocycles. The largest absolute Gasteiger partial charge is 0.510 e. The number of hydrogen-bond acceptors (Lipinski definition) is 10. The van der Waals surface area contributed by atoms with Crippen LogP contribution in [0.25, 0.3) is 11.1 Å². The number of allylic oxidation sites excluding steroid dienone is 1. The Balaban J connectivity index is 1.69. The average molecular weight is 592 g/mol. The van der Waals surface area contributed by atoms with Crippen LogP contribution in [0.2, 0.25) is 0 Å². The summed E-state index contributed by atoms with van der Waals surface area (Å²) in [7, 11) is 4.74. The third-order valence-electron chi connectivity index (χ3n) is 8.87. The van der Waals surface area contributed by atoms with Crippen LogP contribution in [0.1, 0.15) is 41.8 Å². The van der Waals surface area contributed by atoms with Crippen molar-refractivity contribution < 1.29 is 39.5 Å². The van der Waals surface area contributed by atoms with Gasteiger partial charge >= 0.3 is 0 Å². The Morgan fingerprint density at radius 1 is 1.14 bits per heavy atom. The van der Waals surface area contributed by atoms with Gasteiger partial charge in [-0.2, -0.15) is 0 Å². The fraction of sp³-hybridized carbons (Fsp3) is 0.406. The van der Waals surface area contributed by atoms with Gasteiger partial charge in [-0.1, -0.05) is 26.0 Å². The second kappa shape index (κ2) is 10.8. The Morgan fingerprint density at radius 2 is 1.84 bits per heavy atom. The maximum atomic E-state index is 14.1. The molecule has 0 radical (unpaired) electrons. The molecule has 11 heteroatoms. The Kier molecular flexibility index (Phi) is 7.62. The van der Waals surface area contributed by atoms with Gasteiger partial charge in [0.05, 0.1) is 18.7 Å². The summed E-state index contributed by atoms with van der Waals surface area (Å²) < 4.78 is 5.67. The number of ketones is 2. The summed E-state index contributed by atoms with van der Waals surface area (Å²) in [6.45, 7) is 4.69. The highest BCUT2D eigenvalue weighted by molar-refractivity contribution is 6.25. The van der Waals surface area contributed by atoms with Gasteiger partial charge in [0.1, 0.15) is 28.6 Å². The standard InChI is InChI=1S/C32H37N3O8/c1-14(2)34-13-15-6-9-22(43-5)18(10-15)17-7-8-21(36)24-19(17)11-16-12-20-26(35(3)4)28(38)25(31(33)41)30(40)32(20,42)29(39)23(16)27(24)37/h6-10,14,16,20,26,34,36,38-39,42H,11-13H2,1-5H3,(H2,33,41)/t16-,20-,26?,32-/m1/s1. The van der Waals surface area contributed by atoms with E-state index in [9.17, 15) is 34.8 Å². The second-order valence-electron chi connectivity index (χ2n) is 12.0. The maximum absolute atomic E-state index is 14.1. The number of carbonyl (C=O) groups is 3. The molecule has 0 aromatic heterocycles. The molecule has 2 aromatic rings. The highest BCUT2D eigenvalue weighted by Crippen LogP contribution is 2.53. The number of nitrogens with two attached hydrogens (primary N) is 1. The van der Waals surface area contributed by atoms with E-state index in [1.165, 1.54) is 11.0 Å². The maximum Gasteiger partial charge on any atom is 0.255 e. The van der Waals surface area contributed by atoms with Crippen LogP contribution in [0.5, 0.6) is 11.5 Å². The van der Waals surface area contributed by atoms with E-state index in [0.29, 0.717) is 29.0 Å². The molecule has 0 bridgehead atoms. The normalized spacial score (nSPS) is 25.2. The Hall–Kier alpha value is -4.19. The van der Waals surface area contributed by atoms with Crippen molar-refractivity contribution in [1.82, 2.24) is 10.2 Å². The van der Waals surface area contributed by atoms with Gasteiger partial charge in [0, 0.05) is 29.6 Å². The molecule has 4 atom stereocenters. The summed E-state index contributed by atoms with van der Waals surface area (Å²) in [4.78, 5) is 41.3. The number of aromatic hydroxyl groups is 1. The molecular formula is C32H37N3O8. The highest BCUT2D eigenvalue weighted by Gasteiger charge is 2.63. The first-order valence-electron chi connectivity index (χ1n) is 14.1. The molecule has 3 aliphatic rings. The van der Waals surface area contributed by atoms with E-state index < -0.39 is 58.0 Å². The molecule has 1 unspecified atom stereocenters. The first-order valence-corrected chi connectivity index (χ1v) is 14.1. The highest BCUT2D eigenvalue weighted by atomic mass is 16.5. The number of primary amides is 1. The van der Waals surface area contributed by atoms with Gasteiger partial charge in [-0.15, -0.1) is 0 Å². The van der Waals surface area contributed by atoms with Crippen LogP contribution >= 0.6 is 0 Å². The molecule has 0 heterocycles. The van der Waals surface area contributed by atoms with E-state index in [2.05, 4.69) is 5.32 Å². The number of methoxy groups -OCH3 is 1. The number of Topliss-reactive ketones (excluding diaryl/α,β-unsaturated/α-hetero) is 2. The molecule has 0 saturated carbocycles. The monoisotopic (exact) mass is 591 g/mol. The lowest BCUT2D eigenvalue weighted by Crippen LogP contribution is -2.63. The van der Waals surface area contributed by atoms with Crippen molar-refractivity contribution in [3.05, 3.63) is 69.7 Å². The second-order valence-corrected chi connectivity index (χ2v) is 12.0. The number of rotatable bonds is 7. The molecule has 11 nitrogen and oxygen atoms in total. The zero-order valence-electron chi connectivity index (χ0n) is 24.8. The summed E-state index contributed by atoms with van der Waals surface area (Å²) in [6.07, 6.45) is 0.187. The fourth-order valence-corrected chi connectivity index (χ4v) is 6.90. The molecular weight excluding hydrogens is 554 g/mol. The van der Waals surface area contributed by atoms with Gasteiger partial charge in [0.2, 0.25) is 5.78 Å². The minimum absolute atomic E-state index is 0.0103. The van der Waals surface area contributed by atoms with Crippen LogP contribution in [0.4, 0.5) is 0 Å². The molecule has 43 heavy (non-hydrogen) atoms. The lowest BCUT2D eigenvalue weighted by atomic mass is 9.58. The number of hydrogen-bond donors (Lipinski definition) is 6. The molecule has 0 aliphatic heterocycles. The Morgan fingerprint density at radius 3 is 2.44 bits per heavy atom. The van der Waals surface area contributed by atoms with Gasteiger partial charge < -0.3 is 36.2 Å². The van der Waals surface area contributed by atoms with Gasteiger partial charge in [0.25, 0.3) is 5.91 Å². The van der Waals surface area contributed by atoms with Crippen LogP contribution in [0.3, 0.4) is 0 Å². The smallest absolute Gasteiger partial charge is 0.255 e. The van der Waals surface area contributed by atoms with Crippen LogP contribution in [-0.2, 0) is 22.6 Å². The van der Waals surface area contributed by atoms with E-state index in [1.54, 1.807) is 27.3 Å². The van der Waals surface area contributed by atoms with Crippen LogP contribution in [0, 0.1) is 11.8 Å². The summed E-state index contributed by atoms with van der Waals surface area (Å²) >= 11 is 0. The SMILES string of the molecule is COc1ccc(CNC(C)C)cc1-c1ccc(O)c2c1C[C@@H]1C[C@@H]3C(N(C)C)C(O)=C(C(N)=O)C(=O)[C@]3(O)C(O)=C1C2=O. The van der Waals surface area contributed by atoms with Gasteiger partial charge in [-0.05, 0) is 67.7 Å². The zero-order valence-corrected chi connectivity index (χ0v) is 24.8. The van der Waals surface area contributed by atoms with Crippen molar-refractivity contribution in [2.45, 2.75) is 50.9 Å². The third kappa shape index (κ3) is 4.59. The minimum atomic E-state index is -2.68. The lowest BCUT2D eigenvalue weighted by Gasteiger charge is -2.50. The topological polar surface area (TPSA) is 183 Å². The predicted octanol–water partition coefficient (Wildman–Crippen LogP) is 2.29. The van der Waals surface area contributed by atoms with E-state index in [-0.39, 0.29) is 35.8 Å². The van der Waals surface area contributed by atoms with Gasteiger partial charge in [-0.25, -0.2) is 0 Å². The number of phenolic OH excluding ortho intramolecular Hbond substituents is 1. The Bertz CT molecular complexity index is 1610. The van der Waals surface area contributed by atoms with Crippen molar-refractivity contribution in [1.29, 1.82) is 0 Å². The third-order valence-corrected chi connectivity index (χ3v) is 8.87. The van der Waals surface area contributed by atoms with E-state index in [0.717, 1.165) is 5.56 Å². The van der Waals surface area contributed by atoms with Crippen LogP contribution in [-0.4, -0.2) is 81.7 Å². The molecule has 7 N–H and O–H groups in total. The van der Waals surface area contributed by atoms with Crippen molar-refractivity contribution >= 4 is 17.5 Å². The number of aliphatic hydroxyl groups is 3. The number of nitrogens with one attached hydrogen (secondary N) is 1. The van der Waals surface area contributed by atoms with Crippen molar-refractivity contribution in [2.24, 2.45) is 17.6 Å². The minimum Gasteiger partial charge on any atom is -0.510 e. The quantitative estimate of drug-likeness (QED) is 0.261. The number of aliphatic hydroxyl groups excluding tert-OH is 2. The lowest BCUT2D eigenvalue weighted by molar-refractivity contribution is -0.148. The number of fused-ring (bicyclic) bond motifs is 3. The number of carbonyl (C=O) groups excluding carboxylic acids is 3. The van der Waals surface area contributed by atoms with Crippen molar-refractivity contribution in [2.75, 3.05) is 21.2 Å². The predicted molar refractivity (Wildman–Crippen MR) is 158 cm³/mol. The molecule has 1 amide bonds. The molecule has 0 fully saturated rings. The van der Waals surface area contributed by atoms with E-state index in [1.807, 2.05) is 32.0 Å². The average Bonchev–Trinajstić information content (AvgIpc) is 2.93. The number of likely N-dealkylation sites (N-methyl/N-ethyl adjacent to an activating group) is 1. The summed E-state index contributed by atoms with van der Waals surface area (Å²) in [5, 5.41) is 48.6. The first-order chi connectivity index (χ1) is 20.2. The van der Waals surface area contributed by atoms with Crippen LogP contribution < -0.4 is 15.8 Å². The summed E-state index contributed by atoms with van der Waals surface area (Å²) in [6, 6.07) is 8.06. The van der Waals surface area contributed by atoms with Gasteiger partial charge in [0.15, 0.2) is 11.4 Å². The molecule has 0 saturated heterocycles. The molecule has 228 valence electrons. The molecule has 2 aromatic carbocycles. The summed E-state index contributed by atoms with van der Waals surface area (Å²) in [5.74, 6) is -6.29. The number of phenols is 1. The van der Waals surface area contributed by atoms with E-state index in [4.69, 9.17) is 10.5 Å². The molecule has 0 spiro atoms. The molecule has 5 rings (SSSR count). The number of benzene rings is 2. The zero-order chi connectivity index (χ0) is 31.5. The van der Waals surface area contributed by atoms with Crippen LogP contribution in [0.15, 0.2) is 53.0 Å². The van der Waals surface area contributed by atoms with Gasteiger partial charge in [-0.3, -0.25) is 19.3 Å².